The topological polar surface area (TPSA) is 128 Å². The monoisotopic (exact) mass is 520 g/mol. The maximum absolute atomic E-state index is 10.0. The van der Waals surface area contributed by atoms with E-state index in [9.17, 15) is 5.26 Å². The van der Waals surface area contributed by atoms with Gasteiger partial charge in [-0.15, -0.1) is 10.2 Å². The minimum absolute atomic E-state index is 0.153. The fraction of sp³-hybridized carbons (Fsp3) is 0. The second kappa shape index (κ2) is 10.8. The highest BCUT2D eigenvalue weighted by molar-refractivity contribution is 5.97. The lowest BCUT2D eigenvalue weighted by atomic mass is 10.0. The SMILES string of the molecule is N#Cc1c(-c2ccc3ccccc3c2)c[nH]c1Nc1ccccc1NC(N)=Nc1ccc(-c2ccccc2)nn1. The molecule has 0 amide bonds. The molecule has 6 aromatic rings. The van der Waals surface area contributed by atoms with Gasteiger partial charge in [-0.2, -0.15) is 10.3 Å². The molecule has 0 bridgehead atoms. The molecule has 192 valence electrons. The van der Waals surface area contributed by atoms with Crippen LogP contribution in [-0.4, -0.2) is 21.1 Å². The first-order valence-corrected chi connectivity index (χ1v) is 12.6. The molecule has 0 radical (unpaired) electrons. The highest BCUT2D eigenvalue weighted by Crippen LogP contribution is 2.33. The fourth-order valence-electron chi connectivity index (χ4n) is 4.50. The molecule has 0 spiro atoms. The molecule has 0 unspecified atom stereocenters. The van der Waals surface area contributed by atoms with Crippen LogP contribution in [0.15, 0.2) is 120 Å². The van der Waals surface area contributed by atoms with Crippen molar-refractivity contribution in [3.8, 4) is 28.5 Å². The molecule has 0 atom stereocenters. The van der Waals surface area contributed by atoms with Crippen molar-refractivity contribution < 1.29 is 0 Å². The maximum atomic E-state index is 10.0. The molecule has 5 N–H and O–H groups in total. The Morgan fingerprint density at radius 3 is 2.30 bits per heavy atom. The number of nitrogens with zero attached hydrogens (tertiary/aromatic N) is 4. The standard InChI is InChI=1S/C32H24N8/c33-19-25-26(24-15-14-21-8-4-5-11-23(21)18-24)20-35-31(25)36-28-12-6-7-13-29(28)37-32(34)38-30-17-16-27(39-40-30)22-9-2-1-3-10-22/h1-18,20,35-36H,(H3,34,37,38,40). The molecule has 0 aliphatic rings. The third-order valence-corrected chi connectivity index (χ3v) is 6.46. The van der Waals surface area contributed by atoms with E-state index in [0.717, 1.165) is 38.8 Å². The van der Waals surface area contributed by atoms with Crippen molar-refractivity contribution >= 4 is 39.7 Å². The van der Waals surface area contributed by atoms with Crippen molar-refractivity contribution in [1.29, 1.82) is 5.26 Å². The zero-order valence-electron chi connectivity index (χ0n) is 21.3. The Morgan fingerprint density at radius 2 is 1.52 bits per heavy atom. The highest BCUT2D eigenvalue weighted by Gasteiger charge is 2.15. The molecule has 0 saturated carbocycles. The van der Waals surface area contributed by atoms with Gasteiger partial charge in [0.15, 0.2) is 11.8 Å². The second-order valence-electron chi connectivity index (χ2n) is 9.06. The van der Waals surface area contributed by atoms with Crippen molar-refractivity contribution in [2.45, 2.75) is 0 Å². The van der Waals surface area contributed by atoms with Crippen LogP contribution < -0.4 is 16.4 Å². The van der Waals surface area contributed by atoms with Gasteiger partial charge in [-0.3, -0.25) is 0 Å². The number of hydrogen-bond donors (Lipinski definition) is 4. The number of para-hydroxylation sites is 2. The van der Waals surface area contributed by atoms with Gasteiger partial charge in [0.2, 0.25) is 0 Å². The van der Waals surface area contributed by atoms with Gasteiger partial charge in [0, 0.05) is 17.3 Å². The summed E-state index contributed by atoms with van der Waals surface area (Å²) in [5.41, 5.74) is 11.6. The van der Waals surface area contributed by atoms with Gasteiger partial charge >= 0.3 is 0 Å². The summed E-state index contributed by atoms with van der Waals surface area (Å²) >= 11 is 0. The first-order valence-electron chi connectivity index (χ1n) is 12.6. The molecule has 0 aliphatic heterocycles. The molecule has 6 rings (SSSR count). The van der Waals surface area contributed by atoms with Crippen LogP contribution in [0.2, 0.25) is 0 Å². The normalized spacial score (nSPS) is 11.2. The summed E-state index contributed by atoms with van der Waals surface area (Å²) in [6.45, 7) is 0. The molecule has 8 heteroatoms. The molecular formula is C32H24N8. The molecule has 0 fully saturated rings. The molecule has 8 nitrogen and oxygen atoms in total. The summed E-state index contributed by atoms with van der Waals surface area (Å²) in [7, 11) is 0. The van der Waals surface area contributed by atoms with Gasteiger partial charge in [-0.1, -0.05) is 78.9 Å². The number of H-pyrrole nitrogens is 1. The summed E-state index contributed by atoms with van der Waals surface area (Å²) in [4.78, 5) is 7.58. The van der Waals surface area contributed by atoms with E-state index in [0.29, 0.717) is 22.9 Å². The Morgan fingerprint density at radius 1 is 0.775 bits per heavy atom. The Hall–Kier alpha value is -5.94. The Bertz CT molecular complexity index is 1870. The van der Waals surface area contributed by atoms with E-state index >= 15 is 0 Å². The predicted octanol–water partition coefficient (Wildman–Crippen LogP) is 6.97. The van der Waals surface area contributed by atoms with Crippen LogP contribution in [0.5, 0.6) is 0 Å². The van der Waals surface area contributed by atoms with Gasteiger partial charge < -0.3 is 21.4 Å². The van der Waals surface area contributed by atoms with Gasteiger partial charge in [0.25, 0.3) is 0 Å². The molecular weight excluding hydrogens is 496 g/mol. The van der Waals surface area contributed by atoms with Crippen molar-refractivity contribution in [2.24, 2.45) is 10.7 Å². The van der Waals surface area contributed by atoms with Crippen LogP contribution in [0.3, 0.4) is 0 Å². The van der Waals surface area contributed by atoms with E-state index in [1.807, 2.05) is 85.1 Å². The number of aromatic amines is 1. The van der Waals surface area contributed by atoms with Crippen molar-refractivity contribution in [3.63, 3.8) is 0 Å². The van der Waals surface area contributed by atoms with E-state index in [4.69, 9.17) is 5.73 Å². The smallest absolute Gasteiger partial charge is 0.199 e. The second-order valence-corrected chi connectivity index (χ2v) is 9.06. The van der Waals surface area contributed by atoms with Crippen LogP contribution in [0, 0.1) is 11.3 Å². The molecule has 4 aromatic carbocycles. The summed E-state index contributed by atoms with van der Waals surface area (Å²) in [6.07, 6.45) is 1.84. The third kappa shape index (κ3) is 5.08. The lowest BCUT2D eigenvalue weighted by Gasteiger charge is -2.13. The van der Waals surface area contributed by atoms with Crippen molar-refractivity contribution in [3.05, 3.63) is 121 Å². The predicted molar refractivity (Wildman–Crippen MR) is 161 cm³/mol. The Labute approximate surface area is 230 Å². The van der Waals surface area contributed by atoms with Gasteiger partial charge in [0.05, 0.1) is 17.1 Å². The Kier molecular flexibility index (Phi) is 6.60. The summed E-state index contributed by atoms with van der Waals surface area (Å²) in [5.74, 6) is 1.11. The number of guanidine groups is 1. The van der Waals surface area contributed by atoms with Crippen LogP contribution >= 0.6 is 0 Å². The average molecular weight is 521 g/mol. The number of nitrogens with one attached hydrogen (secondary N) is 3. The van der Waals surface area contributed by atoms with Gasteiger partial charge in [-0.25, -0.2) is 0 Å². The lowest BCUT2D eigenvalue weighted by Crippen LogP contribution is -2.22. The number of nitriles is 1. The molecule has 2 heterocycles. The van der Waals surface area contributed by atoms with E-state index in [1.54, 1.807) is 6.07 Å². The Balaban J connectivity index is 1.22. The van der Waals surface area contributed by atoms with Crippen LogP contribution in [0.4, 0.5) is 23.0 Å². The number of nitrogens with two attached hydrogens (primary N) is 1. The lowest BCUT2D eigenvalue weighted by molar-refractivity contribution is 1.03. The minimum Gasteiger partial charge on any atom is -0.369 e. The van der Waals surface area contributed by atoms with Crippen LogP contribution in [-0.2, 0) is 0 Å². The van der Waals surface area contributed by atoms with E-state index in [-0.39, 0.29) is 5.96 Å². The van der Waals surface area contributed by atoms with E-state index in [2.05, 4.69) is 61.1 Å². The third-order valence-electron chi connectivity index (χ3n) is 6.46. The molecule has 0 saturated heterocycles. The number of benzene rings is 4. The van der Waals surface area contributed by atoms with Crippen LogP contribution in [0.1, 0.15) is 5.56 Å². The zero-order valence-corrected chi connectivity index (χ0v) is 21.3. The quantitative estimate of drug-likeness (QED) is 0.139. The first kappa shape index (κ1) is 24.4. The average Bonchev–Trinajstić information content (AvgIpc) is 3.41. The summed E-state index contributed by atoms with van der Waals surface area (Å²) < 4.78 is 0. The van der Waals surface area contributed by atoms with Crippen molar-refractivity contribution in [2.75, 3.05) is 10.6 Å². The molecule has 0 aliphatic carbocycles. The fourth-order valence-corrected chi connectivity index (χ4v) is 4.50. The summed E-state index contributed by atoms with van der Waals surface area (Å²) in [6, 6.07) is 37.6. The number of aliphatic imine (C=N–C) groups is 1. The number of fused-ring (bicyclic) bond motifs is 1. The molecule has 40 heavy (non-hydrogen) atoms. The number of aromatic nitrogens is 3. The maximum Gasteiger partial charge on any atom is 0.199 e. The number of rotatable bonds is 6. The number of hydrogen-bond acceptors (Lipinski definition) is 5. The van der Waals surface area contributed by atoms with E-state index < -0.39 is 0 Å². The zero-order chi connectivity index (χ0) is 27.3. The van der Waals surface area contributed by atoms with E-state index in [1.165, 1.54) is 0 Å². The number of anilines is 3. The van der Waals surface area contributed by atoms with Crippen molar-refractivity contribution in [1.82, 2.24) is 15.2 Å². The minimum atomic E-state index is 0.153. The van der Waals surface area contributed by atoms with Crippen LogP contribution in [0.25, 0.3) is 33.2 Å². The highest BCUT2D eigenvalue weighted by atomic mass is 15.2. The molecule has 2 aromatic heterocycles. The first-order chi connectivity index (χ1) is 19.7. The van der Waals surface area contributed by atoms with Gasteiger partial charge in [0.1, 0.15) is 17.5 Å². The van der Waals surface area contributed by atoms with Gasteiger partial charge in [-0.05, 0) is 46.7 Å². The summed E-state index contributed by atoms with van der Waals surface area (Å²) in [5, 5.41) is 27.2. The largest absolute Gasteiger partial charge is 0.369 e.